The van der Waals surface area contributed by atoms with Crippen molar-refractivity contribution in [1.82, 2.24) is 5.32 Å². The summed E-state index contributed by atoms with van der Waals surface area (Å²) < 4.78 is 0. The van der Waals surface area contributed by atoms with E-state index in [1.807, 2.05) is 23.2 Å². The van der Waals surface area contributed by atoms with Crippen LogP contribution in [0.1, 0.15) is 47.8 Å². The van der Waals surface area contributed by atoms with E-state index in [4.69, 9.17) is 5.11 Å². The molecule has 0 aliphatic heterocycles. The number of hydrogen-bond donors (Lipinski definition) is 2. The standard InChI is InChI=1S/C16H21NO2S2/c1-2-20-15-7-6-13(10-15)17-16(19)12-9-14(21-11-12)5-3-4-8-18/h9,11,13,15,18H,2,4,6-8,10H2,1H3,(H,17,19). The predicted octanol–water partition coefficient (Wildman–Crippen LogP) is 2.89. The van der Waals surface area contributed by atoms with Crippen LogP contribution in [-0.2, 0) is 0 Å². The first-order valence-corrected chi connectivity index (χ1v) is 9.26. The molecule has 0 radical (unpaired) electrons. The fourth-order valence-corrected chi connectivity index (χ4v) is 4.35. The van der Waals surface area contributed by atoms with Crippen LogP contribution in [0.3, 0.4) is 0 Å². The minimum atomic E-state index is 0.00797. The topological polar surface area (TPSA) is 49.3 Å². The molecule has 1 aromatic rings. The number of aliphatic hydroxyl groups is 1. The quantitative estimate of drug-likeness (QED) is 0.819. The molecule has 21 heavy (non-hydrogen) atoms. The second kappa shape index (κ2) is 8.47. The number of amides is 1. The SMILES string of the molecule is CCSC1CCC(NC(=O)c2csc(C#CCCO)c2)C1. The van der Waals surface area contributed by atoms with E-state index in [0.29, 0.717) is 23.3 Å². The monoisotopic (exact) mass is 323 g/mol. The van der Waals surface area contributed by atoms with Crippen molar-refractivity contribution in [3.05, 3.63) is 21.9 Å². The van der Waals surface area contributed by atoms with Gasteiger partial charge in [0, 0.05) is 23.1 Å². The normalized spacial score (nSPS) is 20.9. The van der Waals surface area contributed by atoms with Crippen LogP contribution in [0.4, 0.5) is 0 Å². The average Bonchev–Trinajstić information content (AvgIpc) is 3.09. The van der Waals surface area contributed by atoms with E-state index in [0.717, 1.165) is 23.5 Å². The van der Waals surface area contributed by atoms with Crippen molar-refractivity contribution >= 4 is 29.0 Å². The van der Waals surface area contributed by atoms with Gasteiger partial charge in [0.2, 0.25) is 0 Å². The molecule has 1 aliphatic rings. The number of rotatable bonds is 5. The van der Waals surface area contributed by atoms with Crippen LogP contribution in [0.15, 0.2) is 11.4 Å². The third-order valence-corrected chi connectivity index (χ3v) is 5.51. The van der Waals surface area contributed by atoms with E-state index in [1.165, 1.54) is 17.8 Å². The summed E-state index contributed by atoms with van der Waals surface area (Å²) in [6.07, 6.45) is 3.83. The van der Waals surface area contributed by atoms with E-state index in [9.17, 15) is 4.79 Å². The van der Waals surface area contributed by atoms with Crippen molar-refractivity contribution in [2.45, 2.75) is 43.9 Å². The summed E-state index contributed by atoms with van der Waals surface area (Å²) in [5.41, 5.74) is 0.694. The molecule has 0 spiro atoms. The maximum absolute atomic E-state index is 12.2. The summed E-state index contributed by atoms with van der Waals surface area (Å²) in [4.78, 5) is 13.1. The number of carbonyl (C=O) groups excluding carboxylic acids is 1. The zero-order valence-electron chi connectivity index (χ0n) is 12.2. The molecule has 1 heterocycles. The van der Waals surface area contributed by atoms with Crippen LogP contribution in [0.25, 0.3) is 0 Å². The highest BCUT2D eigenvalue weighted by Crippen LogP contribution is 2.29. The molecule has 2 atom stereocenters. The fourth-order valence-electron chi connectivity index (χ4n) is 2.45. The lowest BCUT2D eigenvalue weighted by Gasteiger charge is -2.12. The first-order chi connectivity index (χ1) is 10.2. The van der Waals surface area contributed by atoms with Gasteiger partial charge in [0.05, 0.1) is 17.0 Å². The Morgan fingerprint density at radius 2 is 2.43 bits per heavy atom. The van der Waals surface area contributed by atoms with Crippen molar-refractivity contribution in [3.8, 4) is 11.8 Å². The van der Waals surface area contributed by atoms with Crippen molar-refractivity contribution in [2.75, 3.05) is 12.4 Å². The van der Waals surface area contributed by atoms with Gasteiger partial charge >= 0.3 is 0 Å². The van der Waals surface area contributed by atoms with Crippen LogP contribution < -0.4 is 5.32 Å². The highest BCUT2D eigenvalue weighted by Gasteiger charge is 2.26. The summed E-state index contributed by atoms with van der Waals surface area (Å²) in [7, 11) is 0. The van der Waals surface area contributed by atoms with Crippen molar-refractivity contribution in [2.24, 2.45) is 0 Å². The second-order valence-corrected chi connectivity index (χ2v) is 7.52. The van der Waals surface area contributed by atoms with Gasteiger partial charge in [-0.05, 0) is 31.1 Å². The van der Waals surface area contributed by atoms with Gasteiger partial charge in [0.1, 0.15) is 0 Å². The highest BCUT2D eigenvalue weighted by molar-refractivity contribution is 7.99. The Labute approximate surface area is 134 Å². The Kier molecular flexibility index (Phi) is 6.62. The lowest BCUT2D eigenvalue weighted by atomic mass is 10.2. The Bertz CT molecular complexity index is 530. The van der Waals surface area contributed by atoms with Gasteiger partial charge in [0.15, 0.2) is 0 Å². The Balaban J connectivity index is 1.85. The molecule has 1 aromatic heterocycles. The molecule has 0 saturated heterocycles. The van der Waals surface area contributed by atoms with Crippen LogP contribution >= 0.6 is 23.1 Å². The van der Waals surface area contributed by atoms with E-state index in [-0.39, 0.29) is 12.5 Å². The largest absolute Gasteiger partial charge is 0.395 e. The molecule has 0 aromatic carbocycles. The van der Waals surface area contributed by atoms with Crippen molar-refractivity contribution in [1.29, 1.82) is 0 Å². The Morgan fingerprint density at radius 1 is 1.57 bits per heavy atom. The fraction of sp³-hybridized carbons (Fsp3) is 0.562. The van der Waals surface area contributed by atoms with E-state index < -0.39 is 0 Å². The number of hydrogen-bond acceptors (Lipinski definition) is 4. The highest BCUT2D eigenvalue weighted by atomic mass is 32.2. The maximum atomic E-state index is 12.2. The number of nitrogens with one attached hydrogen (secondary N) is 1. The predicted molar refractivity (Wildman–Crippen MR) is 89.9 cm³/mol. The minimum absolute atomic E-state index is 0.00797. The number of carbonyl (C=O) groups is 1. The molecule has 2 N–H and O–H groups in total. The summed E-state index contributed by atoms with van der Waals surface area (Å²) in [5, 5.41) is 14.4. The third kappa shape index (κ3) is 5.06. The van der Waals surface area contributed by atoms with Gasteiger partial charge in [-0.1, -0.05) is 18.8 Å². The minimum Gasteiger partial charge on any atom is -0.395 e. The van der Waals surface area contributed by atoms with E-state index in [1.54, 1.807) is 0 Å². The van der Waals surface area contributed by atoms with Crippen LogP contribution in [0, 0.1) is 11.8 Å². The molecule has 1 aliphatic carbocycles. The van der Waals surface area contributed by atoms with E-state index >= 15 is 0 Å². The van der Waals surface area contributed by atoms with Crippen LogP contribution in [-0.4, -0.2) is 34.7 Å². The second-order valence-electron chi connectivity index (χ2n) is 5.04. The van der Waals surface area contributed by atoms with Crippen LogP contribution in [0.2, 0.25) is 0 Å². The molecular formula is C16H21NO2S2. The van der Waals surface area contributed by atoms with Gasteiger partial charge < -0.3 is 10.4 Å². The molecular weight excluding hydrogens is 302 g/mol. The smallest absolute Gasteiger partial charge is 0.252 e. The number of thioether (sulfide) groups is 1. The molecule has 1 saturated carbocycles. The molecule has 1 fully saturated rings. The average molecular weight is 323 g/mol. The lowest BCUT2D eigenvalue weighted by Crippen LogP contribution is -2.32. The zero-order valence-corrected chi connectivity index (χ0v) is 13.9. The molecule has 5 heteroatoms. The van der Waals surface area contributed by atoms with Gasteiger partial charge in [-0.2, -0.15) is 11.8 Å². The first-order valence-electron chi connectivity index (χ1n) is 7.33. The van der Waals surface area contributed by atoms with Crippen molar-refractivity contribution in [3.63, 3.8) is 0 Å². The summed E-state index contributed by atoms with van der Waals surface area (Å²) in [6, 6.07) is 2.14. The van der Waals surface area contributed by atoms with E-state index in [2.05, 4.69) is 24.1 Å². The van der Waals surface area contributed by atoms with Crippen molar-refractivity contribution < 1.29 is 9.90 Å². The first kappa shape index (κ1) is 16.4. The zero-order chi connectivity index (χ0) is 15.1. The van der Waals surface area contributed by atoms with Gasteiger partial charge in [-0.15, -0.1) is 11.3 Å². The third-order valence-electron chi connectivity index (χ3n) is 3.43. The maximum Gasteiger partial charge on any atom is 0.252 e. The summed E-state index contributed by atoms with van der Waals surface area (Å²) in [6.45, 7) is 2.26. The molecule has 3 nitrogen and oxygen atoms in total. The molecule has 114 valence electrons. The number of thiophene rings is 1. The van der Waals surface area contributed by atoms with Gasteiger partial charge in [-0.3, -0.25) is 4.79 Å². The molecule has 1 amide bonds. The molecule has 0 bridgehead atoms. The molecule has 2 unspecified atom stereocenters. The Hall–Kier alpha value is -0.960. The van der Waals surface area contributed by atoms with Crippen LogP contribution in [0.5, 0.6) is 0 Å². The summed E-state index contributed by atoms with van der Waals surface area (Å²) in [5.74, 6) is 6.99. The lowest BCUT2D eigenvalue weighted by molar-refractivity contribution is 0.0938. The van der Waals surface area contributed by atoms with Gasteiger partial charge in [-0.25, -0.2) is 0 Å². The number of aliphatic hydroxyl groups excluding tert-OH is 1. The summed E-state index contributed by atoms with van der Waals surface area (Å²) >= 11 is 3.47. The Morgan fingerprint density at radius 3 is 3.19 bits per heavy atom. The molecule has 2 rings (SSSR count). The van der Waals surface area contributed by atoms with Gasteiger partial charge in [0.25, 0.3) is 5.91 Å².